The van der Waals surface area contributed by atoms with Gasteiger partial charge in [0, 0.05) is 6.54 Å². The van der Waals surface area contributed by atoms with Gasteiger partial charge in [-0.3, -0.25) is 4.79 Å². The molecule has 0 unspecified atom stereocenters. The Balaban J connectivity index is 1.67. The second-order valence-electron chi connectivity index (χ2n) is 5.24. The highest BCUT2D eigenvalue weighted by Crippen LogP contribution is 2.06. The number of aryl methyl sites for hydroxylation is 2. The van der Waals surface area contributed by atoms with Crippen molar-refractivity contribution in [1.29, 1.82) is 0 Å². The third-order valence-electron chi connectivity index (χ3n) is 3.36. The Morgan fingerprint density at radius 3 is 2.29 bits per heavy atom. The van der Waals surface area contributed by atoms with Crippen LogP contribution in [0, 0.1) is 12.7 Å². The number of carbonyl (C=O) groups excluding carboxylic acids is 1. The number of hydrogen-bond acceptors (Lipinski definition) is 1. The van der Waals surface area contributed by atoms with Crippen molar-refractivity contribution in [2.45, 2.75) is 26.2 Å². The lowest BCUT2D eigenvalue weighted by atomic mass is 10.1. The van der Waals surface area contributed by atoms with Gasteiger partial charge in [0.15, 0.2) is 0 Å². The number of benzene rings is 2. The molecular weight excluding hydrogens is 265 g/mol. The first-order chi connectivity index (χ1) is 10.1. The zero-order valence-electron chi connectivity index (χ0n) is 12.2. The lowest BCUT2D eigenvalue weighted by molar-refractivity contribution is -0.120. The summed E-state index contributed by atoms with van der Waals surface area (Å²) in [6.45, 7) is 2.67. The van der Waals surface area contributed by atoms with E-state index in [0.29, 0.717) is 13.0 Å². The predicted molar refractivity (Wildman–Crippen MR) is 82.6 cm³/mol. The van der Waals surface area contributed by atoms with Crippen molar-refractivity contribution >= 4 is 5.91 Å². The highest BCUT2D eigenvalue weighted by Gasteiger charge is 2.02. The molecule has 2 nitrogen and oxygen atoms in total. The van der Waals surface area contributed by atoms with Gasteiger partial charge < -0.3 is 5.32 Å². The smallest absolute Gasteiger partial charge is 0.224 e. The summed E-state index contributed by atoms with van der Waals surface area (Å²) in [5.74, 6) is -0.178. The lowest BCUT2D eigenvalue weighted by Gasteiger charge is -2.06. The molecule has 21 heavy (non-hydrogen) atoms. The molecular formula is C18H20FNO. The third-order valence-corrected chi connectivity index (χ3v) is 3.36. The summed E-state index contributed by atoms with van der Waals surface area (Å²) >= 11 is 0. The molecule has 0 radical (unpaired) electrons. The van der Waals surface area contributed by atoms with Crippen molar-refractivity contribution in [3.8, 4) is 0 Å². The fourth-order valence-corrected chi connectivity index (χ4v) is 2.13. The fraction of sp³-hybridized carbons (Fsp3) is 0.278. The Morgan fingerprint density at radius 2 is 1.62 bits per heavy atom. The Labute approximate surface area is 125 Å². The first-order valence-corrected chi connectivity index (χ1v) is 7.20. The van der Waals surface area contributed by atoms with E-state index >= 15 is 0 Å². The third kappa shape index (κ3) is 5.38. The van der Waals surface area contributed by atoms with Gasteiger partial charge in [-0.1, -0.05) is 42.0 Å². The predicted octanol–water partition coefficient (Wildman–Crippen LogP) is 3.43. The minimum absolute atomic E-state index is 0.0398. The maximum atomic E-state index is 12.8. The average Bonchev–Trinajstić information content (AvgIpc) is 2.48. The Morgan fingerprint density at radius 1 is 1.00 bits per heavy atom. The van der Waals surface area contributed by atoms with Crippen LogP contribution in [0.5, 0.6) is 0 Å². The summed E-state index contributed by atoms with van der Waals surface area (Å²) < 4.78 is 12.8. The molecule has 2 aromatic rings. The van der Waals surface area contributed by atoms with Gasteiger partial charge in [-0.2, -0.15) is 0 Å². The van der Waals surface area contributed by atoms with Crippen LogP contribution >= 0.6 is 0 Å². The second-order valence-corrected chi connectivity index (χ2v) is 5.24. The molecule has 110 valence electrons. The normalized spacial score (nSPS) is 10.4. The van der Waals surface area contributed by atoms with E-state index in [0.717, 1.165) is 24.0 Å². The van der Waals surface area contributed by atoms with Gasteiger partial charge in [-0.05, 0) is 43.0 Å². The Kier molecular flexibility index (Phi) is 5.50. The van der Waals surface area contributed by atoms with Crippen molar-refractivity contribution in [1.82, 2.24) is 5.32 Å². The minimum Gasteiger partial charge on any atom is -0.356 e. The van der Waals surface area contributed by atoms with E-state index < -0.39 is 0 Å². The van der Waals surface area contributed by atoms with Crippen molar-refractivity contribution < 1.29 is 9.18 Å². The molecule has 0 aromatic heterocycles. The van der Waals surface area contributed by atoms with Crippen LogP contribution in [0.3, 0.4) is 0 Å². The van der Waals surface area contributed by atoms with Gasteiger partial charge in [0.2, 0.25) is 5.91 Å². The van der Waals surface area contributed by atoms with Crippen molar-refractivity contribution in [2.24, 2.45) is 0 Å². The molecule has 0 aliphatic heterocycles. The van der Waals surface area contributed by atoms with Crippen LogP contribution in [0.15, 0.2) is 48.5 Å². The highest BCUT2D eigenvalue weighted by atomic mass is 19.1. The number of halogens is 1. The van der Waals surface area contributed by atoms with E-state index in [1.807, 2.05) is 31.2 Å². The zero-order chi connectivity index (χ0) is 15.1. The monoisotopic (exact) mass is 285 g/mol. The Hall–Kier alpha value is -2.16. The SMILES string of the molecule is Cc1ccc(CC(=O)NCCCc2ccc(F)cc2)cc1. The van der Waals surface area contributed by atoms with Crippen LogP contribution in [0.4, 0.5) is 4.39 Å². The van der Waals surface area contributed by atoms with E-state index in [2.05, 4.69) is 5.32 Å². The number of amides is 1. The molecule has 0 spiro atoms. The maximum absolute atomic E-state index is 12.8. The molecule has 0 saturated carbocycles. The van der Waals surface area contributed by atoms with Gasteiger partial charge in [-0.25, -0.2) is 4.39 Å². The van der Waals surface area contributed by atoms with E-state index in [-0.39, 0.29) is 11.7 Å². The summed E-state index contributed by atoms with van der Waals surface area (Å²) in [6, 6.07) is 14.5. The number of rotatable bonds is 6. The molecule has 0 fully saturated rings. The molecule has 0 aliphatic rings. The first-order valence-electron chi connectivity index (χ1n) is 7.20. The summed E-state index contributed by atoms with van der Waals surface area (Å²) in [4.78, 5) is 11.8. The molecule has 1 amide bonds. The molecule has 0 aliphatic carbocycles. The maximum Gasteiger partial charge on any atom is 0.224 e. The number of carbonyl (C=O) groups is 1. The topological polar surface area (TPSA) is 29.1 Å². The molecule has 0 saturated heterocycles. The van der Waals surface area contributed by atoms with Crippen LogP contribution in [-0.2, 0) is 17.6 Å². The summed E-state index contributed by atoms with van der Waals surface area (Å²) in [7, 11) is 0. The molecule has 2 aromatic carbocycles. The van der Waals surface area contributed by atoms with Crippen LogP contribution < -0.4 is 5.32 Å². The number of nitrogens with one attached hydrogen (secondary N) is 1. The molecule has 0 bridgehead atoms. The summed E-state index contributed by atoms with van der Waals surface area (Å²) in [6.07, 6.45) is 2.10. The largest absolute Gasteiger partial charge is 0.356 e. The summed E-state index contributed by atoms with van der Waals surface area (Å²) in [5.41, 5.74) is 3.30. The van der Waals surface area contributed by atoms with Crippen molar-refractivity contribution in [2.75, 3.05) is 6.54 Å². The fourth-order valence-electron chi connectivity index (χ4n) is 2.13. The van der Waals surface area contributed by atoms with Gasteiger partial charge >= 0.3 is 0 Å². The van der Waals surface area contributed by atoms with Crippen LogP contribution in [0.25, 0.3) is 0 Å². The highest BCUT2D eigenvalue weighted by molar-refractivity contribution is 5.78. The zero-order valence-corrected chi connectivity index (χ0v) is 12.2. The number of hydrogen-bond donors (Lipinski definition) is 1. The van der Waals surface area contributed by atoms with Crippen molar-refractivity contribution in [3.63, 3.8) is 0 Å². The first kappa shape index (κ1) is 15.2. The van der Waals surface area contributed by atoms with E-state index in [1.54, 1.807) is 12.1 Å². The second kappa shape index (κ2) is 7.58. The van der Waals surface area contributed by atoms with Crippen LogP contribution in [-0.4, -0.2) is 12.5 Å². The molecule has 0 heterocycles. The molecule has 0 atom stereocenters. The van der Waals surface area contributed by atoms with Gasteiger partial charge in [0.05, 0.1) is 6.42 Å². The van der Waals surface area contributed by atoms with Gasteiger partial charge in [0.1, 0.15) is 5.82 Å². The van der Waals surface area contributed by atoms with E-state index in [9.17, 15) is 9.18 Å². The van der Waals surface area contributed by atoms with Crippen molar-refractivity contribution in [3.05, 3.63) is 71.0 Å². The van der Waals surface area contributed by atoms with E-state index in [1.165, 1.54) is 17.7 Å². The van der Waals surface area contributed by atoms with E-state index in [4.69, 9.17) is 0 Å². The Bertz CT molecular complexity index is 575. The average molecular weight is 285 g/mol. The minimum atomic E-state index is -0.217. The lowest BCUT2D eigenvalue weighted by Crippen LogP contribution is -2.26. The van der Waals surface area contributed by atoms with Crippen LogP contribution in [0.2, 0.25) is 0 Å². The molecule has 3 heteroatoms. The quantitative estimate of drug-likeness (QED) is 0.810. The van der Waals surface area contributed by atoms with Crippen LogP contribution in [0.1, 0.15) is 23.1 Å². The molecule has 2 rings (SSSR count). The summed E-state index contributed by atoms with van der Waals surface area (Å²) in [5, 5.41) is 2.91. The van der Waals surface area contributed by atoms with Gasteiger partial charge in [0.25, 0.3) is 0 Å². The molecule has 1 N–H and O–H groups in total. The van der Waals surface area contributed by atoms with Gasteiger partial charge in [-0.15, -0.1) is 0 Å². The standard InChI is InChI=1S/C18H20FNO/c1-14-4-6-16(7-5-14)13-18(21)20-12-2-3-15-8-10-17(19)11-9-15/h4-11H,2-3,12-13H2,1H3,(H,20,21).